The summed E-state index contributed by atoms with van der Waals surface area (Å²) < 4.78 is 26.4. The van der Waals surface area contributed by atoms with Gasteiger partial charge in [-0.15, -0.1) is 11.8 Å². The van der Waals surface area contributed by atoms with Crippen molar-refractivity contribution in [2.45, 2.75) is 29.6 Å². The lowest BCUT2D eigenvalue weighted by Gasteiger charge is -2.29. The molecule has 0 radical (unpaired) electrons. The van der Waals surface area contributed by atoms with Gasteiger partial charge < -0.3 is 0 Å². The lowest BCUT2D eigenvalue weighted by molar-refractivity contribution is 0.288. The van der Waals surface area contributed by atoms with Gasteiger partial charge in [-0.2, -0.15) is 4.31 Å². The van der Waals surface area contributed by atoms with Gasteiger partial charge in [-0.3, -0.25) is 0 Å². The first-order chi connectivity index (χ1) is 8.54. The first-order valence-corrected chi connectivity index (χ1v) is 8.84. The summed E-state index contributed by atoms with van der Waals surface area (Å²) in [7, 11) is -3.29. The molecule has 0 aromatic heterocycles. The van der Waals surface area contributed by atoms with Gasteiger partial charge in [-0.25, -0.2) is 8.42 Å². The van der Waals surface area contributed by atoms with Gasteiger partial charge in [0.1, 0.15) is 0 Å². The van der Waals surface area contributed by atoms with Crippen LogP contribution in [0.5, 0.6) is 0 Å². The van der Waals surface area contributed by atoms with Gasteiger partial charge >= 0.3 is 0 Å². The minimum Gasteiger partial charge on any atom is -0.207 e. The highest BCUT2D eigenvalue weighted by atomic mass is 32.2. The van der Waals surface area contributed by atoms with Crippen molar-refractivity contribution in [3.05, 3.63) is 24.3 Å². The molecule has 0 unspecified atom stereocenters. The Labute approximate surface area is 114 Å². The second-order valence-corrected chi connectivity index (χ2v) is 7.58. The number of nitrogens with zero attached hydrogens (tertiary/aromatic N) is 1. The Hall–Kier alpha value is -0.520. The topological polar surface area (TPSA) is 37.4 Å². The molecular formula is C13H19NO2S2. The van der Waals surface area contributed by atoms with E-state index in [2.05, 4.69) is 6.92 Å². The van der Waals surface area contributed by atoms with Crippen LogP contribution in [0.4, 0.5) is 0 Å². The summed E-state index contributed by atoms with van der Waals surface area (Å²) in [4.78, 5) is 1.50. The van der Waals surface area contributed by atoms with Gasteiger partial charge in [0.05, 0.1) is 4.90 Å². The lowest BCUT2D eigenvalue weighted by Crippen LogP contribution is -2.37. The van der Waals surface area contributed by atoms with E-state index in [9.17, 15) is 8.42 Å². The molecule has 0 spiro atoms. The van der Waals surface area contributed by atoms with Crippen LogP contribution in [0.3, 0.4) is 0 Å². The van der Waals surface area contributed by atoms with Crippen LogP contribution in [0.25, 0.3) is 0 Å². The zero-order valence-electron chi connectivity index (χ0n) is 10.8. The van der Waals surface area contributed by atoms with Gasteiger partial charge in [-0.1, -0.05) is 6.92 Å². The third-order valence-electron chi connectivity index (χ3n) is 3.44. The monoisotopic (exact) mass is 285 g/mol. The number of piperidine rings is 1. The van der Waals surface area contributed by atoms with Crippen molar-refractivity contribution < 1.29 is 8.42 Å². The quantitative estimate of drug-likeness (QED) is 0.801. The predicted molar refractivity (Wildman–Crippen MR) is 75.4 cm³/mol. The number of rotatable bonds is 3. The van der Waals surface area contributed by atoms with Crippen LogP contribution >= 0.6 is 11.8 Å². The van der Waals surface area contributed by atoms with Crippen molar-refractivity contribution in [2.24, 2.45) is 5.92 Å². The first-order valence-electron chi connectivity index (χ1n) is 6.18. The van der Waals surface area contributed by atoms with Crippen molar-refractivity contribution in [1.82, 2.24) is 4.31 Å². The van der Waals surface area contributed by atoms with E-state index < -0.39 is 10.0 Å². The third kappa shape index (κ3) is 2.90. The Morgan fingerprint density at radius 3 is 2.22 bits per heavy atom. The van der Waals surface area contributed by atoms with E-state index in [0.29, 0.717) is 23.9 Å². The molecule has 1 aliphatic rings. The van der Waals surface area contributed by atoms with Gasteiger partial charge in [0, 0.05) is 18.0 Å². The van der Waals surface area contributed by atoms with Crippen LogP contribution in [0.1, 0.15) is 19.8 Å². The number of benzene rings is 1. The Bertz CT molecular complexity index is 488. The maximum absolute atomic E-state index is 12.4. The van der Waals surface area contributed by atoms with E-state index >= 15 is 0 Å². The van der Waals surface area contributed by atoms with Crippen LogP contribution in [-0.2, 0) is 10.0 Å². The average Bonchev–Trinajstić information content (AvgIpc) is 2.39. The van der Waals surface area contributed by atoms with E-state index in [4.69, 9.17) is 0 Å². The van der Waals surface area contributed by atoms with Crippen molar-refractivity contribution in [1.29, 1.82) is 0 Å². The van der Waals surface area contributed by atoms with Crippen LogP contribution in [0, 0.1) is 5.92 Å². The molecule has 0 amide bonds. The molecule has 1 fully saturated rings. The molecule has 2 rings (SSSR count). The SMILES string of the molecule is CSc1ccc(S(=O)(=O)N2CCC(C)CC2)cc1. The summed E-state index contributed by atoms with van der Waals surface area (Å²) in [5, 5.41) is 0. The molecule has 0 saturated carbocycles. The number of hydrogen-bond donors (Lipinski definition) is 0. The molecule has 0 atom stereocenters. The minimum absolute atomic E-state index is 0.412. The molecule has 1 saturated heterocycles. The molecule has 1 aromatic carbocycles. The number of thioether (sulfide) groups is 1. The summed E-state index contributed by atoms with van der Waals surface area (Å²) in [6.07, 6.45) is 3.90. The Morgan fingerprint density at radius 2 is 1.72 bits per heavy atom. The fourth-order valence-electron chi connectivity index (χ4n) is 2.12. The Balaban J connectivity index is 2.19. The zero-order chi connectivity index (χ0) is 13.2. The van der Waals surface area contributed by atoms with Crippen molar-refractivity contribution in [3.8, 4) is 0 Å². The summed E-state index contributed by atoms with van der Waals surface area (Å²) in [6.45, 7) is 3.47. The standard InChI is InChI=1S/C13H19NO2S2/c1-11-7-9-14(10-8-11)18(15,16)13-5-3-12(17-2)4-6-13/h3-6,11H,7-10H2,1-2H3. The third-order valence-corrected chi connectivity index (χ3v) is 6.10. The second kappa shape index (κ2) is 5.63. The van der Waals surface area contributed by atoms with Crippen molar-refractivity contribution in [2.75, 3.05) is 19.3 Å². The molecule has 0 N–H and O–H groups in total. The summed E-state index contributed by atoms with van der Waals surface area (Å²) >= 11 is 1.62. The van der Waals surface area contributed by atoms with Gasteiger partial charge in [-0.05, 0) is 49.3 Å². The van der Waals surface area contributed by atoms with Crippen molar-refractivity contribution >= 4 is 21.8 Å². The number of hydrogen-bond acceptors (Lipinski definition) is 3. The van der Waals surface area contributed by atoms with Gasteiger partial charge in [0.15, 0.2) is 0 Å². The van der Waals surface area contributed by atoms with E-state index in [0.717, 1.165) is 17.7 Å². The maximum Gasteiger partial charge on any atom is 0.243 e. The summed E-state index contributed by atoms with van der Waals surface area (Å²) in [6, 6.07) is 7.15. The molecule has 0 aliphatic carbocycles. The summed E-state index contributed by atoms with van der Waals surface area (Å²) in [5.41, 5.74) is 0. The molecule has 18 heavy (non-hydrogen) atoms. The minimum atomic E-state index is -3.29. The van der Waals surface area contributed by atoms with Gasteiger partial charge in [0.25, 0.3) is 0 Å². The average molecular weight is 285 g/mol. The fraction of sp³-hybridized carbons (Fsp3) is 0.538. The largest absolute Gasteiger partial charge is 0.243 e. The van der Waals surface area contributed by atoms with Crippen LogP contribution in [0.2, 0.25) is 0 Å². The molecule has 100 valence electrons. The van der Waals surface area contributed by atoms with Crippen LogP contribution in [-0.4, -0.2) is 32.1 Å². The zero-order valence-corrected chi connectivity index (χ0v) is 12.4. The lowest BCUT2D eigenvalue weighted by atomic mass is 10.0. The maximum atomic E-state index is 12.4. The summed E-state index contributed by atoms with van der Waals surface area (Å²) in [5.74, 6) is 0.635. The van der Waals surface area contributed by atoms with E-state index in [-0.39, 0.29) is 0 Å². The molecule has 5 heteroatoms. The molecule has 0 bridgehead atoms. The number of sulfonamides is 1. The molecule has 1 heterocycles. The molecule has 1 aromatic rings. The first kappa shape index (κ1) is 13.9. The smallest absolute Gasteiger partial charge is 0.207 e. The Morgan fingerprint density at radius 1 is 1.17 bits per heavy atom. The molecular weight excluding hydrogens is 266 g/mol. The Kier molecular flexibility index (Phi) is 4.35. The van der Waals surface area contributed by atoms with Crippen LogP contribution < -0.4 is 0 Å². The normalized spacial score (nSPS) is 19.0. The highest BCUT2D eigenvalue weighted by Crippen LogP contribution is 2.24. The highest BCUT2D eigenvalue weighted by Gasteiger charge is 2.27. The van der Waals surface area contributed by atoms with E-state index in [1.165, 1.54) is 0 Å². The predicted octanol–water partition coefficient (Wildman–Crippen LogP) is 2.83. The van der Waals surface area contributed by atoms with E-state index in [1.54, 1.807) is 28.2 Å². The highest BCUT2D eigenvalue weighted by molar-refractivity contribution is 7.98. The van der Waals surface area contributed by atoms with E-state index in [1.807, 2.05) is 18.4 Å². The molecule has 3 nitrogen and oxygen atoms in total. The second-order valence-electron chi connectivity index (χ2n) is 4.76. The van der Waals surface area contributed by atoms with Crippen molar-refractivity contribution in [3.63, 3.8) is 0 Å². The van der Waals surface area contributed by atoms with Crippen LogP contribution in [0.15, 0.2) is 34.1 Å². The van der Waals surface area contributed by atoms with Gasteiger partial charge in [0.2, 0.25) is 10.0 Å². The molecule has 1 aliphatic heterocycles. The fourth-order valence-corrected chi connectivity index (χ4v) is 4.00.